The maximum Gasteiger partial charge on any atom is 0.278 e. The zero-order chi connectivity index (χ0) is 23.5. The quantitative estimate of drug-likeness (QED) is 0.117. The van der Waals surface area contributed by atoms with Crippen molar-refractivity contribution in [1.82, 2.24) is 59.8 Å². The molecular weight excluding hydrogens is 438 g/mol. The smallest absolute Gasteiger partial charge is 0.278 e. The lowest BCUT2D eigenvalue weighted by molar-refractivity contribution is 1.17. The Balaban J connectivity index is 0.000000118. The average Bonchev–Trinajstić information content (AvgIpc) is 3.48. The summed E-state index contributed by atoms with van der Waals surface area (Å²) < 4.78 is 0. The molecule has 0 fully saturated rings. The van der Waals surface area contributed by atoms with Gasteiger partial charge in [-0.25, -0.2) is 15.0 Å². The summed E-state index contributed by atoms with van der Waals surface area (Å²) in [4.78, 5) is 70.6. The number of imidazole rings is 3. The number of fused-ring (bicyclic) bond motifs is 3. The van der Waals surface area contributed by atoms with Crippen LogP contribution < -0.4 is 33.9 Å². The van der Waals surface area contributed by atoms with E-state index < -0.39 is 0 Å². The second kappa shape index (κ2) is 8.29. The maximum absolute atomic E-state index is 11.0. The Morgan fingerprint density at radius 2 is 0.788 bits per heavy atom. The van der Waals surface area contributed by atoms with Crippen molar-refractivity contribution in [2.24, 2.45) is 0 Å². The summed E-state index contributed by atoms with van der Waals surface area (Å²) in [5.41, 5.74) is 16.9. The van der Waals surface area contributed by atoms with Crippen LogP contribution >= 0.6 is 0 Å². The van der Waals surface area contributed by atoms with E-state index in [0.29, 0.717) is 33.5 Å². The van der Waals surface area contributed by atoms with Gasteiger partial charge in [-0.2, -0.15) is 15.0 Å². The number of aromatic nitrogens is 12. The molecule has 168 valence electrons. The van der Waals surface area contributed by atoms with E-state index in [-0.39, 0.29) is 34.5 Å². The highest BCUT2D eigenvalue weighted by Gasteiger charge is 2.03. The fraction of sp³-hybridized carbons (Fsp3) is 0. The van der Waals surface area contributed by atoms with Crippen molar-refractivity contribution < 1.29 is 0 Å². The largest absolute Gasteiger partial charge is 0.369 e. The summed E-state index contributed by atoms with van der Waals surface area (Å²) in [6.45, 7) is 0. The lowest BCUT2D eigenvalue weighted by Crippen LogP contribution is -2.10. The number of hydrogen-bond acceptors (Lipinski definition) is 12. The Labute approximate surface area is 179 Å². The molecule has 33 heavy (non-hydrogen) atoms. The fourth-order valence-corrected chi connectivity index (χ4v) is 2.58. The molecule has 0 aliphatic carbocycles. The first-order chi connectivity index (χ1) is 15.8. The van der Waals surface area contributed by atoms with E-state index in [0.717, 1.165) is 0 Å². The number of H-pyrrole nitrogens is 6. The van der Waals surface area contributed by atoms with Gasteiger partial charge in [0, 0.05) is 0 Å². The minimum atomic E-state index is -0.301. The normalized spacial score (nSPS) is 10.5. The van der Waals surface area contributed by atoms with Crippen molar-refractivity contribution in [3.63, 3.8) is 0 Å². The molecule has 0 atom stereocenters. The standard InChI is InChI=1S/3C5H5N5O/c3*6-5-9-3-2(4(11)10-5)7-1-8-3/h3*1H,(H4,6,7,8,9,10,11). The highest BCUT2D eigenvalue weighted by atomic mass is 16.1. The number of aromatic amines is 6. The maximum atomic E-state index is 11.0. The van der Waals surface area contributed by atoms with Crippen molar-refractivity contribution in [2.75, 3.05) is 17.2 Å². The van der Waals surface area contributed by atoms with Crippen LogP contribution in [0, 0.1) is 0 Å². The molecule has 18 nitrogen and oxygen atoms in total. The number of nitrogens with zero attached hydrogens (tertiary/aromatic N) is 6. The number of nitrogen functional groups attached to an aromatic ring is 3. The van der Waals surface area contributed by atoms with Gasteiger partial charge in [-0.1, -0.05) is 0 Å². The van der Waals surface area contributed by atoms with Crippen molar-refractivity contribution >= 4 is 51.3 Å². The van der Waals surface area contributed by atoms with Gasteiger partial charge in [-0.05, 0) is 0 Å². The van der Waals surface area contributed by atoms with E-state index in [9.17, 15) is 14.4 Å². The Morgan fingerprint density at radius 1 is 0.515 bits per heavy atom. The van der Waals surface area contributed by atoms with E-state index >= 15 is 0 Å². The number of nitrogens with one attached hydrogen (secondary N) is 6. The fourth-order valence-electron chi connectivity index (χ4n) is 2.58. The van der Waals surface area contributed by atoms with Gasteiger partial charge in [0.25, 0.3) is 16.7 Å². The van der Waals surface area contributed by atoms with Crippen molar-refractivity contribution in [3.05, 3.63) is 50.0 Å². The molecular formula is C15H15N15O3. The van der Waals surface area contributed by atoms with Crippen LogP contribution in [0.15, 0.2) is 33.4 Å². The molecule has 18 heteroatoms. The van der Waals surface area contributed by atoms with E-state index in [1.165, 1.54) is 19.0 Å². The van der Waals surface area contributed by atoms with Gasteiger partial charge in [0.2, 0.25) is 17.8 Å². The third-order valence-corrected chi connectivity index (χ3v) is 3.94. The molecule has 0 bridgehead atoms. The van der Waals surface area contributed by atoms with Crippen LogP contribution in [-0.4, -0.2) is 59.8 Å². The highest BCUT2D eigenvalue weighted by molar-refractivity contribution is 5.70. The third-order valence-electron chi connectivity index (χ3n) is 3.94. The number of anilines is 3. The first-order valence-electron chi connectivity index (χ1n) is 8.88. The van der Waals surface area contributed by atoms with Gasteiger partial charge in [0.15, 0.2) is 33.5 Å². The molecule has 0 unspecified atom stereocenters. The minimum absolute atomic E-state index is 0.0783. The van der Waals surface area contributed by atoms with E-state index in [1.807, 2.05) is 0 Å². The van der Waals surface area contributed by atoms with Gasteiger partial charge in [-0.15, -0.1) is 0 Å². The summed E-state index contributed by atoms with van der Waals surface area (Å²) >= 11 is 0. The second-order valence-corrected chi connectivity index (χ2v) is 6.16. The highest BCUT2D eigenvalue weighted by Crippen LogP contribution is 2.00. The first-order valence-corrected chi connectivity index (χ1v) is 8.88. The molecule has 0 spiro atoms. The van der Waals surface area contributed by atoms with E-state index in [4.69, 9.17) is 17.2 Å². The average molecular weight is 453 g/mol. The Kier molecular flexibility index (Phi) is 5.21. The summed E-state index contributed by atoms with van der Waals surface area (Å²) in [7, 11) is 0. The monoisotopic (exact) mass is 453 g/mol. The van der Waals surface area contributed by atoms with Gasteiger partial charge in [0.1, 0.15) is 0 Å². The van der Waals surface area contributed by atoms with Crippen molar-refractivity contribution in [3.8, 4) is 0 Å². The molecule has 0 amide bonds. The summed E-state index contributed by atoms with van der Waals surface area (Å²) in [5.74, 6) is 0.235. The van der Waals surface area contributed by atoms with Crippen LogP contribution in [0.2, 0.25) is 0 Å². The molecule has 0 aliphatic rings. The second-order valence-electron chi connectivity index (χ2n) is 6.16. The van der Waals surface area contributed by atoms with Crippen LogP contribution in [0.1, 0.15) is 0 Å². The van der Waals surface area contributed by atoms with Gasteiger partial charge < -0.3 is 32.2 Å². The van der Waals surface area contributed by atoms with Gasteiger partial charge in [0.05, 0.1) is 19.0 Å². The Morgan fingerprint density at radius 3 is 1.06 bits per heavy atom. The molecule has 6 rings (SSSR count). The van der Waals surface area contributed by atoms with Crippen LogP contribution in [0.3, 0.4) is 0 Å². The zero-order valence-corrected chi connectivity index (χ0v) is 16.4. The molecule has 0 radical (unpaired) electrons. The predicted octanol–water partition coefficient (Wildman–Crippen LogP) is -2.31. The van der Waals surface area contributed by atoms with Crippen LogP contribution in [0.4, 0.5) is 17.8 Å². The summed E-state index contributed by atoms with van der Waals surface area (Å²) in [6.07, 6.45) is 4.19. The molecule has 0 aliphatic heterocycles. The minimum Gasteiger partial charge on any atom is -0.369 e. The van der Waals surface area contributed by atoms with Crippen LogP contribution in [-0.2, 0) is 0 Å². The number of hydrogen-bond donors (Lipinski definition) is 9. The van der Waals surface area contributed by atoms with E-state index in [2.05, 4.69) is 59.8 Å². The van der Waals surface area contributed by atoms with E-state index in [1.54, 1.807) is 0 Å². The van der Waals surface area contributed by atoms with Gasteiger partial charge >= 0.3 is 0 Å². The SMILES string of the molecule is Nc1nc2nc[nH]c2c(=O)[nH]1.Nc1nc2nc[nH]c2c(=O)[nH]1.Nc1nc2nc[nH]c2c(=O)[nH]1. The molecule has 0 saturated carbocycles. The predicted molar refractivity (Wildman–Crippen MR) is 117 cm³/mol. The van der Waals surface area contributed by atoms with Crippen molar-refractivity contribution in [2.45, 2.75) is 0 Å². The molecule has 0 saturated heterocycles. The summed E-state index contributed by atoms with van der Waals surface area (Å²) in [5, 5.41) is 0. The lowest BCUT2D eigenvalue weighted by Gasteiger charge is -1.89. The van der Waals surface area contributed by atoms with Crippen LogP contribution in [0.5, 0.6) is 0 Å². The molecule has 6 aromatic rings. The van der Waals surface area contributed by atoms with Crippen molar-refractivity contribution in [1.29, 1.82) is 0 Å². The van der Waals surface area contributed by atoms with Gasteiger partial charge in [-0.3, -0.25) is 29.3 Å². The molecule has 12 N–H and O–H groups in total. The Bertz CT molecular complexity index is 1530. The molecule has 6 heterocycles. The lowest BCUT2D eigenvalue weighted by atomic mass is 10.5. The first kappa shape index (κ1) is 20.7. The third kappa shape index (κ3) is 4.33. The molecule has 0 aromatic carbocycles. The summed E-state index contributed by atoms with van der Waals surface area (Å²) in [6, 6.07) is 0. The number of rotatable bonds is 0. The topological polar surface area (TPSA) is 301 Å². The number of nitrogens with two attached hydrogens (primary N) is 3. The van der Waals surface area contributed by atoms with Crippen LogP contribution in [0.25, 0.3) is 33.5 Å². The zero-order valence-electron chi connectivity index (χ0n) is 16.4. The molecule has 6 aromatic heterocycles. The Hall–Kier alpha value is -5.55.